The van der Waals surface area contributed by atoms with Crippen LogP contribution in [-0.4, -0.2) is 0 Å². The van der Waals surface area contributed by atoms with Crippen molar-refractivity contribution in [2.24, 2.45) is 0 Å². The second-order valence-electron chi connectivity index (χ2n) is 7.46. The summed E-state index contributed by atoms with van der Waals surface area (Å²) in [6.07, 6.45) is 6.41. The van der Waals surface area contributed by atoms with Crippen LogP contribution in [0, 0.1) is 6.92 Å². The van der Waals surface area contributed by atoms with Gasteiger partial charge in [0.15, 0.2) is 18.9 Å². The lowest BCUT2D eigenvalue weighted by Gasteiger charge is -2.20. The quantitative estimate of drug-likeness (QED) is 0.466. The number of aromatic amines is 1. The number of benzene rings is 2. The number of pyridine rings is 2. The number of fused-ring (bicyclic) bond motifs is 5. The molecule has 2 nitrogen and oxygen atoms in total. The zero-order valence-corrected chi connectivity index (χ0v) is 15.9. The molecule has 0 spiro atoms. The minimum Gasteiger partial charge on any atom is -0.211 e. The molecule has 0 aliphatic carbocycles. The van der Waals surface area contributed by atoms with Crippen molar-refractivity contribution in [2.45, 2.75) is 33.2 Å². The van der Waals surface area contributed by atoms with Crippen molar-refractivity contribution in [1.82, 2.24) is 0 Å². The molecule has 132 valence electrons. The Morgan fingerprint density at radius 3 is 2.74 bits per heavy atom. The lowest BCUT2D eigenvalue weighted by atomic mass is 9.85. The number of aromatic nitrogens is 2. The SMILES string of the molecule is CCc1ccc2c(c1-c1cc(C)cc[nH+]1)-c1c3ccccc3cc[n+]1CC2. The van der Waals surface area contributed by atoms with Gasteiger partial charge < -0.3 is 0 Å². The molecule has 4 aromatic rings. The van der Waals surface area contributed by atoms with Gasteiger partial charge in [0.05, 0.1) is 16.5 Å². The van der Waals surface area contributed by atoms with Gasteiger partial charge in [-0.1, -0.05) is 37.3 Å². The Bertz CT molecular complexity index is 1170. The molecule has 2 heteroatoms. The first-order chi connectivity index (χ1) is 13.3. The maximum absolute atomic E-state index is 3.52. The van der Waals surface area contributed by atoms with Crippen molar-refractivity contribution < 1.29 is 9.55 Å². The third-order valence-electron chi connectivity index (χ3n) is 5.78. The van der Waals surface area contributed by atoms with Gasteiger partial charge >= 0.3 is 0 Å². The van der Waals surface area contributed by atoms with Crippen LogP contribution in [0.15, 0.2) is 67.0 Å². The summed E-state index contributed by atoms with van der Waals surface area (Å²) in [5.74, 6) is 0. The van der Waals surface area contributed by atoms with Crippen LogP contribution in [-0.2, 0) is 19.4 Å². The van der Waals surface area contributed by atoms with Gasteiger partial charge in [-0.05, 0) is 41.5 Å². The molecule has 0 unspecified atom stereocenters. The van der Waals surface area contributed by atoms with Gasteiger partial charge in [0.25, 0.3) is 0 Å². The number of aryl methyl sites for hydroxylation is 4. The largest absolute Gasteiger partial charge is 0.221 e. The first-order valence-electron chi connectivity index (χ1n) is 9.81. The van der Waals surface area contributed by atoms with E-state index in [1.807, 2.05) is 0 Å². The number of nitrogens with one attached hydrogen (secondary N) is 1. The number of rotatable bonds is 2. The Kier molecular flexibility index (Phi) is 3.78. The number of H-pyrrole nitrogens is 1. The molecule has 0 bridgehead atoms. The molecule has 0 atom stereocenters. The maximum Gasteiger partial charge on any atom is 0.221 e. The van der Waals surface area contributed by atoms with E-state index in [2.05, 4.69) is 90.4 Å². The summed E-state index contributed by atoms with van der Waals surface area (Å²) in [4.78, 5) is 3.52. The predicted octanol–water partition coefficient (Wildman–Crippen LogP) is 4.70. The smallest absolute Gasteiger partial charge is 0.211 e. The second-order valence-corrected chi connectivity index (χ2v) is 7.46. The Morgan fingerprint density at radius 1 is 1.00 bits per heavy atom. The van der Waals surface area contributed by atoms with E-state index in [4.69, 9.17) is 0 Å². The summed E-state index contributed by atoms with van der Waals surface area (Å²) in [6, 6.07) is 20.1. The number of hydrogen-bond acceptors (Lipinski definition) is 0. The van der Waals surface area contributed by atoms with Gasteiger partial charge in [0.1, 0.15) is 0 Å². The van der Waals surface area contributed by atoms with E-state index < -0.39 is 0 Å². The van der Waals surface area contributed by atoms with Gasteiger partial charge in [-0.25, -0.2) is 4.98 Å². The molecule has 0 saturated carbocycles. The molecule has 1 aliphatic rings. The van der Waals surface area contributed by atoms with Crippen LogP contribution in [0.5, 0.6) is 0 Å². The average molecular weight is 352 g/mol. The molecule has 2 aromatic carbocycles. The van der Waals surface area contributed by atoms with Crippen molar-refractivity contribution in [2.75, 3.05) is 0 Å². The zero-order valence-electron chi connectivity index (χ0n) is 15.9. The first kappa shape index (κ1) is 16.2. The van der Waals surface area contributed by atoms with Crippen LogP contribution in [0.4, 0.5) is 0 Å². The highest BCUT2D eigenvalue weighted by Crippen LogP contribution is 2.40. The molecule has 5 rings (SSSR count). The van der Waals surface area contributed by atoms with Crippen LogP contribution in [0.3, 0.4) is 0 Å². The van der Waals surface area contributed by atoms with Crippen molar-refractivity contribution in [1.29, 1.82) is 0 Å². The van der Waals surface area contributed by atoms with Gasteiger partial charge in [-0.2, -0.15) is 4.57 Å². The van der Waals surface area contributed by atoms with E-state index in [0.29, 0.717) is 0 Å². The fourth-order valence-electron chi connectivity index (χ4n) is 4.46. The standard InChI is InChI=1S/C25H23N2/c1-3-18-8-9-20-12-15-27-14-11-19-6-4-5-7-21(19)25(27)24(20)23(18)22-16-17(2)10-13-26-22/h4-11,13-14,16H,3,12,15H2,1-2H3/q+1/p+1. The van der Waals surface area contributed by atoms with Crippen LogP contribution in [0.1, 0.15) is 23.6 Å². The minimum absolute atomic E-state index is 1.02. The van der Waals surface area contributed by atoms with E-state index >= 15 is 0 Å². The molecular formula is C25H24N2+2. The van der Waals surface area contributed by atoms with E-state index in [0.717, 1.165) is 19.4 Å². The average Bonchev–Trinajstić information content (AvgIpc) is 2.72. The molecular weight excluding hydrogens is 328 g/mol. The van der Waals surface area contributed by atoms with Gasteiger partial charge in [0, 0.05) is 24.6 Å². The Hall–Kier alpha value is -3.00. The molecule has 0 fully saturated rings. The third-order valence-corrected chi connectivity index (χ3v) is 5.78. The van der Waals surface area contributed by atoms with Crippen molar-refractivity contribution in [3.63, 3.8) is 0 Å². The highest BCUT2D eigenvalue weighted by atomic mass is 15.0. The summed E-state index contributed by atoms with van der Waals surface area (Å²) < 4.78 is 2.43. The lowest BCUT2D eigenvalue weighted by molar-refractivity contribution is -0.686. The Morgan fingerprint density at radius 2 is 1.89 bits per heavy atom. The highest BCUT2D eigenvalue weighted by Gasteiger charge is 2.31. The summed E-state index contributed by atoms with van der Waals surface area (Å²) in [5.41, 5.74) is 9.47. The van der Waals surface area contributed by atoms with E-state index in [9.17, 15) is 0 Å². The molecule has 0 radical (unpaired) electrons. The summed E-state index contributed by atoms with van der Waals surface area (Å²) in [5, 5.41) is 2.64. The van der Waals surface area contributed by atoms with Crippen LogP contribution >= 0.6 is 0 Å². The minimum atomic E-state index is 1.02. The van der Waals surface area contributed by atoms with Crippen LogP contribution in [0.2, 0.25) is 0 Å². The predicted molar refractivity (Wildman–Crippen MR) is 109 cm³/mol. The van der Waals surface area contributed by atoms with Crippen molar-refractivity contribution >= 4 is 10.8 Å². The van der Waals surface area contributed by atoms with Crippen LogP contribution < -0.4 is 9.55 Å². The second kappa shape index (κ2) is 6.31. The summed E-state index contributed by atoms with van der Waals surface area (Å²) in [7, 11) is 0. The van der Waals surface area contributed by atoms with E-state index in [1.165, 1.54) is 50.0 Å². The van der Waals surface area contributed by atoms with E-state index in [1.54, 1.807) is 0 Å². The normalized spacial score (nSPS) is 12.7. The topological polar surface area (TPSA) is 18.0 Å². The molecule has 1 aliphatic heterocycles. The van der Waals surface area contributed by atoms with Crippen molar-refractivity contribution in [3.05, 3.63) is 83.7 Å². The van der Waals surface area contributed by atoms with Crippen LogP contribution in [0.25, 0.3) is 33.3 Å². The fraction of sp³-hybridized carbons (Fsp3) is 0.200. The van der Waals surface area contributed by atoms with Gasteiger partial charge in [0.2, 0.25) is 11.4 Å². The molecule has 1 N–H and O–H groups in total. The van der Waals surface area contributed by atoms with E-state index in [-0.39, 0.29) is 0 Å². The van der Waals surface area contributed by atoms with Gasteiger partial charge in [-0.15, -0.1) is 0 Å². The van der Waals surface area contributed by atoms with Crippen molar-refractivity contribution in [3.8, 4) is 22.5 Å². The third kappa shape index (κ3) is 2.56. The Labute approximate surface area is 160 Å². The first-order valence-corrected chi connectivity index (χ1v) is 9.81. The molecule has 0 amide bonds. The maximum atomic E-state index is 3.52. The Balaban J connectivity index is 1.92. The molecule has 3 heterocycles. The van der Waals surface area contributed by atoms with Gasteiger partial charge in [-0.3, -0.25) is 0 Å². The number of hydrogen-bond donors (Lipinski definition) is 0. The number of nitrogens with zero attached hydrogens (tertiary/aromatic N) is 1. The summed E-state index contributed by atoms with van der Waals surface area (Å²) in [6.45, 7) is 5.45. The lowest BCUT2D eigenvalue weighted by Crippen LogP contribution is -2.40. The summed E-state index contributed by atoms with van der Waals surface area (Å²) >= 11 is 0. The molecule has 0 saturated heterocycles. The molecule has 27 heavy (non-hydrogen) atoms. The molecule has 2 aromatic heterocycles. The fourth-order valence-corrected chi connectivity index (χ4v) is 4.46. The zero-order chi connectivity index (χ0) is 18.4. The monoisotopic (exact) mass is 352 g/mol. The highest BCUT2D eigenvalue weighted by molar-refractivity contribution is 5.98.